The fraction of sp³-hybridized carbons (Fsp3) is 0. The monoisotopic (exact) mass is 746 g/mol. The molecule has 0 N–H and O–H groups in total. The van der Waals surface area contributed by atoms with Gasteiger partial charge in [0, 0.05) is 27.8 Å². The lowest BCUT2D eigenvalue weighted by Gasteiger charge is -2.37. The van der Waals surface area contributed by atoms with Gasteiger partial charge in [-0.15, -0.1) is 0 Å². The molecule has 8 heteroatoms. The van der Waals surface area contributed by atoms with Crippen molar-refractivity contribution in [2.75, 3.05) is 0 Å². The average Bonchev–Trinajstić information content (AvgIpc) is 3.26. The van der Waals surface area contributed by atoms with Crippen LogP contribution in [0.2, 0.25) is 0 Å². The lowest BCUT2D eigenvalue weighted by atomic mass is 9.31. The number of rotatable bonds is 4. The predicted octanol–water partition coefficient (Wildman–Crippen LogP) is 9.03. The van der Waals surface area contributed by atoms with E-state index in [9.17, 15) is 0 Å². The zero-order valence-corrected chi connectivity index (χ0v) is 30.8. The van der Waals surface area contributed by atoms with Crippen LogP contribution in [-0.4, -0.2) is 13.4 Å². The highest BCUT2D eigenvalue weighted by Crippen LogP contribution is 2.44. The maximum Gasteiger partial charge on any atom is 0.260 e. The van der Waals surface area contributed by atoms with E-state index in [0.29, 0.717) is 0 Å². The molecule has 9 aromatic carbocycles. The molecule has 58 heavy (non-hydrogen) atoms. The van der Waals surface area contributed by atoms with Gasteiger partial charge in [0.05, 0.1) is 0 Å². The second kappa shape index (κ2) is 12.0. The fourth-order valence-corrected chi connectivity index (χ4v) is 9.26. The molecule has 0 radical (unpaired) electrons. The van der Waals surface area contributed by atoms with E-state index in [1.54, 1.807) is 0 Å². The lowest BCUT2D eigenvalue weighted by Crippen LogP contribution is -2.61. The fourth-order valence-electron chi connectivity index (χ4n) is 9.26. The number of benzene rings is 9. The van der Waals surface area contributed by atoms with Gasteiger partial charge in [0.15, 0.2) is 0 Å². The minimum atomic E-state index is -0.135. The van der Waals surface area contributed by atoms with E-state index in [2.05, 4.69) is 72.8 Å². The van der Waals surface area contributed by atoms with Gasteiger partial charge in [-0.1, -0.05) is 78.9 Å². The molecule has 13 rings (SSSR count). The van der Waals surface area contributed by atoms with Gasteiger partial charge in [0.1, 0.15) is 69.0 Å². The molecule has 0 saturated carbocycles. The molecule has 0 saturated heterocycles. The standard InChI is InChI=1S/C50H28B2O6/c1-3-11-31(12-4-1)53-33-19-21-35-29(23-33)25-45-47-49(35)57-41-17-9-7-15-37(41)51(47)39-27-40-44(28-43(39)55-45)56-46-26-30-24-34(54-32-13-5-2-6-14-32)20-22-36(30)50-48(46)52(40)38-16-8-10-18-42(38)58-50/h1-28H. The quantitative estimate of drug-likeness (QED) is 0.168. The summed E-state index contributed by atoms with van der Waals surface area (Å²) in [6.45, 7) is -0.270. The first-order chi connectivity index (χ1) is 28.7. The van der Waals surface area contributed by atoms with E-state index in [1.807, 2.05) is 97.1 Å². The third-order valence-electron chi connectivity index (χ3n) is 11.8. The number of hydrogen-bond donors (Lipinski definition) is 0. The zero-order valence-electron chi connectivity index (χ0n) is 30.8. The molecule has 4 heterocycles. The van der Waals surface area contributed by atoms with Crippen LogP contribution in [0.4, 0.5) is 0 Å². The normalized spacial score (nSPS) is 13.3. The highest BCUT2D eigenvalue weighted by Gasteiger charge is 2.45. The summed E-state index contributed by atoms with van der Waals surface area (Å²) >= 11 is 0. The smallest absolute Gasteiger partial charge is 0.260 e. The summed E-state index contributed by atoms with van der Waals surface area (Å²) in [5.41, 5.74) is 6.34. The Morgan fingerprint density at radius 3 is 1.24 bits per heavy atom. The molecule has 0 fully saturated rings. The van der Waals surface area contributed by atoms with Crippen LogP contribution in [0.5, 0.6) is 69.0 Å². The maximum atomic E-state index is 6.94. The Labute approximate surface area is 333 Å². The van der Waals surface area contributed by atoms with E-state index < -0.39 is 0 Å². The van der Waals surface area contributed by atoms with Crippen molar-refractivity contribution in [3.8, 4) is 69.0 Å². The Morgan fingerprint density at radius 2 is 0.759 bits per heavy atom. The first-order valence-corrected chi connectivity index (χ1v) is 19.4. The van der Waals surface area contributed by atoms with Gasteiger partial charge in [-0.25, -0.2) is 0 Å². The number of ether oxygens (including phenoxy) is 6. The van der Waals surface area contributed by atoms with Crippen LogP contribution in [0.1, 0.15) is 0 Å². The van der Waals surface area contributed by atoms with Crippen LogP contribution in [0.15, 0.2) is 170 Å². The van der Waals surface area contributed by atoms with E-state index in [-0.39, 0.29) is 13.4 Å². The van der Waals surface area contributed by atoms with Gasteiger partial charge in [-0.05, 0) is 118 Å². The first-order valence-electron chi connectivity index (χ1n) is 19.4. The van der Waals surface area contributed by atoms with Crippen molar-refractivity contribution in [2.45, 2.75) is 0 Å². The predicted molar refractivity (Wildman–Crippen MR) is 230 cm³/mol. The molecule has 270 valence electrons. The van der Waals surface area contributed by atoms with Crippen molar-refractivity contribution in [1.82, 2.24) is 0 Å². The molecule has 0 amide bonds. The molecule has 0 bridgehead atoms. The molecular formula is C50H28B2O6. The second-order valence-electron chi connectivity index (χ2n) is 15.1. The zero-order chi connectivity index (χ0) is 37.9. The van der Waals surface area contributed by atoms with Crippen molar-refractivity contribution < 1.29 is 28.4 Å². The maximum absolute atomic E-state index is 6.94. The summed E-state index contributed by atoms with van der Waals surface area (Å²) < 4.78 is 40.0. The molecular weight excluding hydrogens is 718 g/mol. The van der Waals surface area contributed by atoms with E-state index in [4.69, 9.17) is 28.4 Å². The number of para-hydroxylation sites is 4. The minimum Gasteiger partial charge on any atom is -0.458 e. The van der Waals surface area contributed by atoms with E-state index in [0.717, 1.165) is 123 Å². The summed E-state index contributed by atoms with van der Waals surface area (Å²) in [4.78, 5) is 0. The van der Waals surface area contributed by atoms with Crippen molar-refractivity contribution in [2.24, 2.45) is 0 Å². The van der Waals surface area contributed by atoms with Gasteiger partial charge in [0.2, 0.25) is 0 Å². The van der Waals surface area contributed by atoms with E-state index in [1.165, 1.54) is 0 Å². The van der Waals surface area contributed by atoms with Crippen molar-refractivity contribution in [3.05, 3.63) is 170 Å². The number of hydrogen-bond acceptors (Lipinski definition) is 6. The second-order valence-corrected chi connectivity index (χ2v) is 15.1. The summed E-state index contributed by atoms with van der Waals surface area (Å²) in [5, 5.41) is 3.91. The Hall–Kier alpha value is -7.57. The highest BCUT2D eigenvalue weighted by atomic mass is 16.5. The van der Waals surface area contributed by atoms with Crippen LogP contribution in [0, 0.1) is 0 Å². The Balaban J connectivity index is 0.985. The molecule has 0 atom stereocenters. The molecule has 6 nitrogen and oxygen atoms in total. The van der Waals surface area contributed by atoms with Gasteiger partial charge in [-0.3, -0.25) is 0 Å². The minimum absolute atomic E-state index is 0.135. The average molecular weight is 746 g/mol. The summed E-state index contributed by atoms with van der Waals surface area (Å²) in [6, 6.07) is 57.1. The summed E-state index contributed by atoms with van der Waals surface area (Å²) in [7, 11) is 0. The van der Waals surface area contributed by atoms with Crippen molar-refractivity contribution in [1.29, 1.82) is 0 Å². The lowest BCUT2D eigenvalue weighted by molar-refractivity contribution is 0.454. The number of fused-ring (bicyclic) bond motifs is 12. The van der Waals surface area contributed by atoms with Gasteiger partial charge in [0.25, 0.3) is 13.4 Å². The summed E-state index contributed by atoms with van der Waals surface area (Å²) in [5.74, 6) is 9.27. The van der Waals surface area contributed by atoms with Crippen LogP contribution in [0.3, 0.4) is 0 Å². The molecule has 9 aromatic rings. The largest absolute Gasteiger partial charge is 0.458 e. The van der Waals surface area contributed by atoms with Crippen molar-refractivity contribution in [3.63, 3.8) is 0 Å². The van der Waals surface area contributed by atoms with Crippen LogP contribution < -0.4 is 61.2 Å². The SMILES string of the molecule is c1ccc(Oc2ccc3c4c5c(cc3c2)Oc2cc3c(cc2B5c2ccccc2O4)B2c4ccccc4Oc4c2c(cc2cc(Oc5ccccc5)ccc42)O3)cc1. The molecule has 0 aliphatic carbocycles. The molecule has 4 aliphatic heterocycles. The third-order valence-corrected chi connectivity index (χ3v) is 11.8. The Morgan fingerprint density at radius 1 is 0.310 bits per heavy atom. The Bertz CT molecular complexity index is 2990. The van der Waals surface area contributed by atoms with Gasteiger partial charge in [-0.2, -0.15) is 0 Å². The Kier molecular flexibility index (Phi) is 6.52. The highest BCUT2D eigenvalue weighted by molar-refractivity contribution is 7.01. The molecule has 0 aromatic heterocycles. The van der Waals surface area contributed by atoms with E-state index >= 15 is 0 Å². The molecule has 4 aliphatic rings. The third kappa shape index (κ3) is 4.69. The van der Waals surface area contributed by atoms with Gasteiger partial charge >= 0.3 is 0 Å². The van der Waals surface area contributed by atoms with Crippen LogP contribution >= 0.6 is 0 Å². The topological polar surface area (TPSA) is 55.4 Å². The first kappa shape index (κ1) is 31.6. The molecule has 0 unspecified atom stereocenters. The molecule has 0 spiro atoms. The summed E-state index contributed by atoms with van der Waals surface area (Å²) in [6.07, 6.45) is 0. The van der Waals surface area contributed by atoms with Gasteiger partial charge < -0.3 is 28.4 Å². The van der Waals surface area contributed by atoms with Crippen molar-refractivity contribution >= 4 is 67.7 Å². The van der Waals surface area contributed by atoms with Crippen LogP contribution in [-0.2, 0) is 0 Å². The van der Waals surface area contributed by atoms with Crippen LogP contribution in [0.25, 0.3) is 21.5 Å².